The maximum atomic E-state index is 6.15. The fourth-order valence-corrected chi connectivity index (χ4v) is 3.55. The lowest BCUT2D eigenvalue weighted by atomic mass is 10.1. The van der Waals surface area contributed by atoms with Crippen LogP contribution in [0.5, 0.6) is 0 Å². The van der Waals surface area contributed by atoms with Crippen molar-refractivity contribution in [3.8, 4) is 0 Å². The normalized spacial score (nSPS) is 20.7. The third-order valence-electron chi connectivity index (χ3n) is 3.04. The maximum absolute atomic E-state index is 6.15. The number of benzene rings is 1. The molecule has 84 valence electrons. The molecule has 0 amide bonds. The molecule has 1 saturated heterocycles. The van der Waals surface area contributed by atoms with Crippen LogP contribution in [0.4, 0.5) is 0 Å². The Morgan fingerprint density at radius 3 is 3.19 bits per heavy atom. The Morgan fingerprint density at radius 1 is 1.50 bits per heavy atom. The molecule has 0 spiro atoms. The molecule has 1 aromatic heterocycles. The van der Waals surface area contributed by atoms with Gasteiger partial charge in [-0.15, -0.1) is 11.3 Å². The summed E-state index contributed by atoms with van der Waals surface area (Å²) in [5.74, 6) is 0.749. The minimum absolute atomic E-state index is 0.749. The van der Waals surface area contributed by atoms with Gasteiger partial charge in [0.1, 0.15) is 0 Å². The number of thiazole rings is 1. The lowest BCUT2D eigenvalue weighted by Crippen LogP contribution is -2.10. The Bertz CT molecular complexity index is 503. The molecule has 1 aliphatic heterocycles. The van der Waals surface area contributed by atoms with Crippen LogP contribution in [0.3, 0.4) is 0 Å². The number of halogens is 1. The zero-order chi connectivity index (χ0) is 11.0. The molecule has 2 nitrogen and oxygen atoms in total. The number of aromatic nitrogens is 1. The number of rotatable bonds is 2. The summed E-state index contributed by atoms with van der Waals surface area (Å²) in [5.41, 5.74) is 1.04. The second-order valence-electron chi connectivity index (χ2n) is 4.26. The lowest BCUT2D eigenvalue weighted by molar-refractivity contribution is 0.579. The van der Waals surface area contributed by atoms with E-state index in [0.29, 0.717) is 0 Å². The minimum atomic E-state index is 0.749. The topological polar surface area (TPSA) is 24.9 Å². The van der Waals surface area contributed by atoms with Crippen LogP contribution >= 0.6 is 22.9 Å². The van der Waals surface area contributed by atoms with Crippen molar-refractivity contribution in [3.05, 3.63) is 28.2 Å². The molecular weight excluding hydrogens is 240 g/mol. The highest BCUT2D eigenvalue weighted by Crippen LogP contribution is 2.30. The van der Waals surface area contributed by atoms with E-state index in [4.69, 9.17) is 11.6 Å². The van der Waals surface area contributed by atoms with Crippen LogP contribution < -0.4 is 5.32 Å². The Hall–Kier alpha value is -0.640. The molecule has 0 bridgehead atoms. The predicted molar refractivity (Wildman–Crippen MR) is 69.3 cm³/mol. The summed E-state index contributed by atoms with van der Waals surface area (Å²) in [4.78, 5) is 4.64. The van der Waals surface area contributed by atoms with Crippen LogP contribution in [0.1, 0.15) is 11.4 Å². The van der Waals surface area contributed by atoms with E-state index >= 15 is 0 Å². The molecule has 1 N–H and O–H groups in total. The Morgan fingerprint density at radius 2 is 2.44 bits per heavy atom. The number of nitrogens with one attached hydrogen (secondary N) is 1. The van der Waals surface area contributed by atoms with Crippen LogP contribution in [0.2, 0.25) is 5.02 Å². The molecule has 0 radical (unpaired) electrons. The summed E-state index contributed by atoms with van der Waals surface area (Å²) in [6.07, 6.45) is 2.35. The first-order valence-electron chi connectivity index (χ1n) is 5.57. The average molecular weight is 253 g/mol. The van der Waals surface area contributed by atoms with Crippen LogP contribution in [-0.2, 0) is 6.42 Å². The van der Waals surface area contributed by atoms with Gasteiger partial charge in [0.25, 0.3) is 0 Å². The molecule has 2 aromatic rings. The highest BCUT2D eigenvalue weighted by Gasteiger charge is 2.17. The number of hydrogen-bond acceptors (Lipinski definition) is 3. The van der Waals surface area contributed by atoms with Crippen molar-refractivity contribution in [1.82, 2.24) is 10.3 Å². The van der Waals surface area contributed by atoms with Crippen molar-refractivity contribution in [2.24, 2.45) is 5.92 Å². The molecule has 1 unspecified atom stereocenters. The van der Waals surface area contributed by atoms with E-state index < -0.39 is 0 Å². The predicted octanol–water partition coefficient (Wildman–Crippen LogP) is 3.10. The third kappa shape index (κ3) is 1.95. The van der Waals surface area contributed by atoms with Gasteiger partial charge in [0.15, 0.2) is 0 Å². The van der Waals surface area contributed by atoms with E-state index in [1.54, 1.807) is 11.3 Å². The van der Waals surface area contributed by atoms with E-state index in [1.165, 1.54) is 11.4 Å². The average Bonchev–Trinajstić information content (AvgIpc) is 2.88. The van der Waals surface area contributed by atoms with Crippen LogP contribution in [0.25, 0.3) is 10.2 Å². The summed E-state index contributed by atoms with van der Waals surface area (Å²) in [5, 5.41) is 5.43. The van der Waals surface area contributed by atoms with Crippen LogP contribution in [0, 0.1) is 5.92 Å². The molecular formula is C12H13ClN2S. The highest BCUT2D eigenvalue weighted by atomic mass is 35.5. The molecule has 1 atom stereocenters. The first-order chi connectivity index (χ1) is 7.83. The van der Waals surface area contributed by atoms with Crippen molar-refractivity contribution in [2.75, 3.05) is 13.1 Å². The molecule has 4 heteroatoms. The fourth-order valence-electron chi connectivity index (χ4n) is 2.18. The summed E-state index contributed by atoms with van der Waals surface area (Å²) >= 11 is 7.88. The first-order valence-corrected chi connectivity index (χ1v) is 6.77. The zero-order valence-electron chi connectivity index (χ0n) is 8.87. The van der Waals surface area contributed by atoms with E-state index in [2.05, 4.69) is 10.3 Å². The number of nitrogens with zero attached hydrogens (tertiary/aromatic N) is 1. The largest absolute Gasteiger partial charge is 0.316 e. The van der Waals surface area contributed by atoms with Crippen LogP contribution in [0.15, 0.2) is 18.2 Å². The van der Waals surface area contributed by atoms with Gasteiger partial charge in [0, 0.05) is 6.42 Å². The molecule has 2 heterocycles. The lowest BCUT2D eigenvalue weighted by Gasteiger charge is -2.03. The van der Waals surface area contributed by atoms with Gasteiger partial charge in [-0.2, -0.15) is 0 Å². The zero-order valence-corrected chi connectivity index (χ0v) is 10.4. The third-order valence-corrected chi connectivity index (χ3v) is 4.59. The molecule has 0 saturated carbocycles. The van der Waals surface area contributed by atoms with Crippen molar-refractivity contribution >= 4 is 33.2 Å². The molecule has 1 aromatic carbocycles. The van der Waals surface area contributed by atoms with Crippen LogP contribution in [-0.4, -0.2) is 18.1 Å². The molecule has 1 aliphatic rings. The van der Waals surface area contributed by atoms with Crippen molar-refractivity contribution in [2.45, 2.75) is 12.8 Å². The smallest absolute Gasteiger partial charge is 0.0942 e. The molecule has 1 fully saturated rings. The summed E-state index contributed by atoms with van der Waals surface area (Å²) in [6, 6.07) is 5.93. The second kappa shape index (κ2) is 4.32. The van der Waals surface area contributed by atoms with Gasteiger partial charge in [0.05, 0.1) is 20.2 Å². The molecule has 16 heavy (non-hydrogen) atoms. The van der Waals surface area contributed by atoms with Crippen molar-refractivity contribution < 1.29 is 0 Å². The molecule has 3 rings (SSSR count). The van der Waals surface area contributed by atoms with Gasteiger partial charge in [-0.1, -0.05) is 17.7 Å². The Kier molecular flexibility index (Phi) is 2.84. The number of fused-ring (bicyclic) bond motifs is 1. The highest BCUT2D eigenvalue weighted by molar-refractivity contribution is 7.19. The molecule has 0 aliphatic carbocycles. The van der Waals surface area contributed by atoms with E-state index in [9.17, 15) is 0 Å². The van der Waals surface area contributed by atoms with Crippen molar-refractivity contribution in [1.29, 1.82) is 0 Å². The summed E-state index contributed by atoms with van der Waals surface area (Å²) < 4.78 is 1.13. The standard InChI is InChI=1S/C12H13ClN2S/c13-9-2-1-3-10-12(9)16-11(15-10)6-8-4-5-14-7-8/h1-3,8,14H,4-7H2. The van der Waals surface area contributed by atoms with Gasteiger partial charge in [0.2, 0.25) is 0 Å². The van der Waals surface area contributed by atoms with Gasteiger partial charge >= 0.3 is 0 Å². The van der Waals surface area contributed by atoms with Gasteiger partial charge < -0.3 is 5.32 Å². The first kappa shape index (κ1) is 10.5. The van der Waals surface area contributed by atoms with Gasteiger partial charge in [-0.05, 0) is 37.6 Å². The van der Waals surface area contributed by atoms with E-state index in [-0.39, 0.29) is 0 Å². The summed E-state index contributed by atoms with van der Waals surface area (Å²) in [7, 11) is 0. The SMILES string of the molecule is Clc1cccc2nc(CC3CCNC3)sc12. The Balaban J connectivity index is 1.90. The van der Waals surface area contributed by atoms with Crippen molar-refractivity contribution in [3.63, 3.8) is 0 Å². The quantitative estimate of drug-likeness (QED) is 0.889. The second-order valence-corrected chi connectivity index (χ2v) is 5.75. The maximum Gasteiger partial charge on any atom is 0.0942 e. The Labute approximate surface area is 104 Å². The van der Waals surface area contributed by atoms with E-state index in [1.807, 2.05) is 18.2 Å². The van der Waals surface area contributed by atoms with Gasteiger partial charge in [-0.3, -0.25) is 0 Å². The minimum Gasteiger partial charge on any atom is -0.316 e. The monoisotopic (exact) mass is 252 g/mol. The fraction of sp³-hybridized carbons (Fsp3) is 0.417. The summed E-state index contributed by atoms with van der Waals surface area (Å²) in [6.45, 7) is 2.28. The number of hydrogen-bond donors (Lipinski definition) is 1. The van der Waals surface area contributed by atoms with Gasteiger partial charge in [-0.25, -0.2) is 4.98 Å². The van der Waals surface area contributed by atoms with E-state index in [0.717, 1.165) is 40.7 Å².